The number of ether oxygens (including phenoxy) is 3. The first-order chi connectivity index (χ1) is 30.0. The van der Waals surface area contributed by atoms with Crippen molar-refractivity contribution in [3.8, 4) is 11.5 Å². The van der Waals surface area contributed by atoms with Crippen LogP contribution in [0.15, 0.2) is 110 Å². The first-order valence-electron chi connectivity index (χ1n) is 21.4. The Balaban J connectivity index is 0.000000752. The zero-order chi connectivity index (χ0) is 43.7. The number of anilines is 3. The number of carbonyl (C=O) groups is 1. The van der Waals surface area contributed by atoms with E-state index in [1.165, 1.54) is 29.5 Å². The summed E-state index contributed by atoms with van der Waals surface area (Å²) in [6, 6.07) is 27.8. The normalized spacial score (nSPS) is 21.4. The number of carbonyl (C=O) groups excluding carboxylic acids is 1. The molecule has 0 bridgehead atoms. The van der Waals surface area contributed by atoms with Crippen molar-refractivity contribution in [3.05, 3.63) is 127 Å². The molecule has 330 valence electrons. The van der Waals surface area contributed by atoms with E-state index in [4.69, 9.17) is 19.3 Å². The maximum atomic E-state index is 15.0. The molecule has 1 unspecified atom stereocenters. The van der Waals surface area contributed by atoms with Gasteiger partial charge >= 0.3 is 6.03 Å². The Morgan fingerprint density at radius 3 is 2.11 bits per heavy atom. The van der Waals surface area contributed by atoms with Gasteiger partial charge < -0.3 is 34.2 Å². The number of rotatable bonds is 15. The molecule has 3 saturated heterocycles. The number of aromatic nitrogens is 3. The van der Waals surface area contributed by atoms with E-state index in [1.54, 1.807) is 34.1 Å². The minimum Gasteiger partial charge on any atom is -0.508 e. The topological polar surface area (TPSA) is 129 Å². The molecular weight excluding hydrogens is 797 g/mol. The quantitative estimate of drug-likeness (QED) is 0.100. The Labute approximate surface area is 362 Å². The van der Waals surface area contributed by atoms with Gasteiger partial charge in [-0.2, -0.15) is 5.10 Å². The molecule has 15 heteroatoms. The van der Waals surface area contributed by atoms with Gasteiger partial charge in [0.1, 0.15) is 48.0 Å². The average Bonchev–Trinajstić information content (AvgIpc) is 4.01. The largest absolute Gasteiger partial charge is 0.508 e. The number of β-amino-alcohol motifs (C(OH)–C–C–N with tert-alkyl or cyclic N) is 1. The molecule has 13 nitrogen and oxygen atoms in total. The molecule has 3 fully saturated rings. The minimum atomic E-state index is -1.24. The lowest BCUT2D eigenvalue weighted by atomic mass is 9.94. The first kappa shape index (κ1) is 44.3. The molecule has 3 aliphatic rings. The van der Waals surface area contributed by atoms with Crippen molar-refractivity contribution in [1.29, 1.82) is 0 Å². The molecule has 0 saturated carbocycles. The lowest BCUT2D eigenvalue weighted by Crippen LogP contribution is -2.50. The van der Waals surface area contributed by atoms with Gasteiger partial charge in [-0.1, -0.05) is 50.5 Å². The number of amides is 2. The molecule has 3 aliphatic heterocycles. The van der Waals surface area contributed by atoms with Crippen molar-refractivity contribution in [1.82, 2.24) is 19.7 Å². The first-order valence-corrected chi connectivity index (χ1v) is 21.4. The van der Waals surface area contributed by atoms with Crippen molar-refractivity contribution >= 4 is 23.1 Å². The Kier molecular flexibility index (Phi) is 14.3. The van der Waals surface area contributed by atoms with Gasteiger partial charge in [0, 0.05) is 60.9 Å². The monoisotopic (exact) mass is 853 g/mol. The van der Waals surface area contributed by atoms with E-state index in [1.807, 2.05) is 56.3 Å². The van der Waals surface area contributed by atoms with Crippen LogP contribution in [0, 0.1) is 11.6 Å². The van der Waals surface area contributed by atoms with Gasteiger partial charge in [0.15, 0.2) is 12.0 Å². The van der Waals surface area contributed by atoms with Gasteiger partial charge in [-0.05, 0) is 93.4 Å². The highest BCUT2D eigenvalue weighted by molar-refractivity contribution is 5.95. The van der Waals surface area contributed by atoms with E-state index in [9.17, 15) is 18.7 Å². The summed E-state index contributed by atoms with van der Waals surface area (Å²) < 4.78 is 48.4. The number of aliphatic hydroxyl groups is 1. The maximum Gasteiger partial charge on any atom is 0.327 e. The number of hydrogen-bond donors (Lipinski definition) is 2. The molecule has 0 spiro atoms. The summed E-state index contributed by atoms with van der Waals surface area (Å²) in [5.74, 6) is -0.441. The third kappa shape index (κ3) is 10.5. The number of piperazine rings is 1. The lowest BCUT2D eigenvalue weighted by Gasteiger charge is -2.37. The van der Waals surface area contributed by atoms with Crippen molar-refractivity contribution < 1.29 is 38.0 Å². The third-order valence-electron chi connectivity index (χ3n) is 11.6. The van der Waals surface area contributed by atoms with Gasteiger partial charge in [0.2, 0.25) is 0 Å². The van der Waals surface area contributed by atoms with Crippen molar-refractivity contribution in [2.75, 3.05) is 60.6 Å². The minimum absolute atomic E-state index is 0.0251. The van der Waals surface area contributed by atoms with Crippen molar-refractivity contribution in [3.63, 3.8) is 0 Å². The van der Waals surface area contributed by atoms with Gasteiger partial charge in [-0.25, -0.2) is 23.2 Å². The molecule has 2 amide bonds. The number of phenols is 1. The summed E-state index contributed by atoms with van der Waals surface area (Å²) in [7, 11) is 0. The van der Waals surface area contributed by atoms with E-state index < -0.39 is 29.3 Å². The summed E-state index contributed by atoms with van der Waals surface area (Å²) in [6.45, 7) is 9.91. The summed E-state index contributed by atoms with van der Waals surface area (Å²) in [4.78, 5) is 25.5. The third-order valence-corrected chi connectivity index (χ3v) is 11.6. The number of unbranched alkanes of at least 4 members (excludes halogenated alkanes) is 3. The Morgan fingerprint density at radius 2 is 1.53 bits per heavy atom. The number of urea groups is 1. The van der Waals surface area contributed by atoms with Crippen molar-refractivity contribution in [2.24, 2.45) is 0 Å². The molecule has 3 atom stereocenters. The molecule has 2 N–H and O–H groups in total. The highest BCUT2D eigenvalue weighted by atomic mass is 19.1. The van der Waals surface area contributed by atoms with Crippen LogP contribution in [0.2, 0.25) is 0 Å². The predicted molar refractivity (Wildman–Crippen MR) is 233 cm³/mol. The number of nitrogens with zero attached hydrogens (tertiary/aromatic N) is 7. The van der Waals surface area contributed by atoms with Crippen molar-refractivity contribution in [2.45, 2.75) is 83.1 Å². The van der Waals surface area contributed by atoms with E-state index >= 15 is 0 Å². The van der Waals surface area contributed by atoms with Crippen LogP contribution in [-0.4, -0.2) is 99.9 Å². The second-order valence-corrected chi connectivity index (χ2v) is 16.3. The second-order valence-electron chi connectivity index (χ2n) is 16.3. The predicted octanol–water partition coefficient (Wildman–Crippen LogP) is 7.93. The summed E-state index contributed by atoms with van der Waals surface area (Å²) in [5.41, 5.74) is 0.737. The molecular formula is C47H57F2N7O6. The van der Waals surface area contributed by atoms with Crippen LogP contribution in [-0.2, 0) is 21.6 Å². The number of benzene rings is 4. The molecule has 0 aliphatic carbocycles. The molecule has 4 heterocycles. The van der Waals surface area contributed by atoms with E-state index in [0.29, 0.717) is 17.9 Å². The lowest BCUT2D eigenvalue weighted by molar-refractivity contribution is -0.117. The van der Waals surface area contributed by atoms with E-state index in [2.05, 4.69) is 38.9 Å². The molecule has 4 aromatic carbocycles. The SMILES string of the molecule is CCCCCCC1(O)CN(c2ccc(N3CCN(c4ccc(OC[C@H]5OC[C@](Cn6cncn6)(c6ccc(F)cc6F)O5)cc4)CC3)cc2)C(=O)N1C(C)C.Oc1ccccc1. The summed E-state index contributed by atoms with van der Waals surface area (Å²) >= 11 is 0. The number of aromatic hydroxyl groups is 1. The standard InChI is InChI=1S/C41H51F2N7O5.C6H6O/c1-4-5-6-7-18-41(52)26-49(39(51)50(41)30(2)3)34-11-9-32(10-12-34)46-19-21-47(22-20-46)33-13-15-35(16-14-33)53-24-38-54-27-40(55-38,25-48-29-44-28-45-48)36-17-8-31(42)23-37(36)43;7-6-4-2-1-3-5-6/h8-17,23,28-30,38,52H,4-7,18-22,24-27H2,1-3H3;1-5,7H/t38-,40+,41?;/m0./s1. The smallest absolute Gasteiger partial charge is 0.327 e. The van der Waals surface area contributed by atoms with Crippen LogP contribution in [0.5, 0.6) is 11.5 Å². The fourth-order valence-electron chi connectivity index (χ4n) is 8.43. The Morgan fingerprint density at radius 1 is 0.871 bits per heavy atom. The number of halogens is 2. The molecule has 0 radical (unpaired) electrons. The van der Waals surface area contributed by atoms with E-state index in [0.717, 1.165) is 75.0 Å². The number of para-hydroxylation sites is 1. The fraction of sp³-hybridized carbons (Fsp3) is 0.426. The fourth-order valence-corrected chi connectivity index (χ4v) is 8.43. The molecule has 62 heavy (non-hydrogen) atoms. The van der Waals surface area contributed by atoms with Gasteiger partial charge in [0.25, 0.3) is 0 Å². The Hall–Kier alpha value is -5.77. The van der Waals surface area contributed by atoms with Crippen LogP contribution in [0.1, 0.15) is 58.4 Å². The molecule has 1 aromatic heterocycles. The van der Waals surface area contributed by atoms with Crippen LogP contribution < -0.4 is 19.4 Å². The summed E-state index contributed by atoms with van der Waals surface area (Å²) in [6.07, 6.45) is 6.86. The maximum absolute atomic E-state index is 15.0. The second kappa shape index (κ2) is 20.0. The molecule has 5 aromatic rings. The Bertz CT molecular complexity index is 2180. The molecule has 8 rings (SSSR count). The van der Waals surface area contributed by atoms with Crippen LogP contribution in [0.3, 0.4) is 0 Å². The number of hydrogen-bond acceptors (Lipinski definition) is 10. The summed E-state index contributed by atoms with van der Waals surface area (Å²) in [5, 5.41) is 24.4. The average molecular weight is 854 g/mol. The highest BCUT2D eigenvalue weighted by Gasteiger charge is 2.50. The highest BCUT2D eigenvalue weighted by Crippen LogP contribution is 2.38. The van der Waals surface area contributed by atoms with Crippen LogP contribution in [0.4, 0.5) is 30.6 Å². The van der Waals surface area contributed by atoms with Crippen LogP contribution in [0.25, 0.3) is 0 Å². The zero-order valence-electron chi connectivity index (χ0n) is 35.7. The number of phenolic OH excluding ortho intramolecular Hbond substituents is 1. The van der Waals surface area contributed by atoms with Crippen LogP contribution >= 0.6 is 0 Å². The van der Waals surface area contributed by atoms with E-state index in [-0.39, 0.29) is 43.9 Å². The van der Waals surface area contributed by atoms with Gasteiger partial charge in [-0.3, -0.25) is 9.80 Å². The van der Waals surface area contributed by atoms with Gasteiger partial charge in [0.05, 0.1) is 19.7 Å². The zero-order valence-corrected chi connectivity index (χ0v) is 35.7. The van der Waals surface area contributed by atoms with Gasteiger partial charge in [-0.15, -0.1) is 0 Å².